The molecule has 1 heterocycles. The van der Waals surface area contributed by atoms with E-state index < -0.39 is 15.8 Å². The van der Waals surface area contributed by atoms with Crippen LogP contribution in [0.1, 0.15) is 22.8 Å². The maximum absolute atomic E-state index is 14.3. The highest BCUT2D eigenvalue weighted by Crippen LogP contribution is 2.27. The van der Waals surface area contributed by atoms with Crippen molar-refractivity contribution in [2.24, 2.45) is 0 Å². The fraction of sp³-hybridized carbons (Fsp3) is 0.333. The highest BCUT2D eigenvalue weighted by atomic mass is 35.5. The Labute approximate surface area is 217 Å². The molecule has 1 aliphatic heterocycles. The minimum atomic E-state index is -3.91. The molecule has 0 aromatic heterocycles. The second-order valence-corrected chi connectivity index (χ2v) is 11.2. The Balaban J connectivity index is 1.45. The van der Waals surface area contributed by atoms with E-state index in [0.29, 0.717) is 36.8 Å². The molecule has 9 heteroatoms. The molecule has 1 aliphatic rings. The fourth-order valence-corrected chi connectivity index (χ4v) is 6.04. The molecule has 1 fully saturated rings. The quantitative estimate of drug-likeness (QED) is 0.385. The van der Waals surface area contributed by atoms with Crippen LogP contribution in [0.2, 0.25) is 5.02 Å². The lowest BCUT2D eigenvalue weighted by molar-refractivity contribution is 0.00762. The van der Waals surface area contributed by atoms with Crippen molar-refractivity contribution < 1.29 is 22.3 Å². The van der Waals surface area contributed by atoms with Crippen molar-refractivity contribution in [3.63, 3.8) is 0 Å². The largest absolute Gasteiger partial charge is 0.497 e. The molecular formula is C27H30ClFN2O4S. The van der Waals surface area contributed by atoms with Gasteiger partial charge in [0, 0.05) is 37.7 Å². The van der Waals surface area contributed by atoms with Crippen molar-refractivity contribution >= 4 is 21.6 Å². The average molecular weight is 533 g/mol. The molecule has 0 saturated carbocycles. The molecule has 0 unspecified atom stereocenters. The normalized spacial score (nSPS) is 16.1. The number of halogens is 2. The summed E-state index contributed by atoms with van der Waals surface area (Å²) in [6.45, 7) is 4.26. The van der Waals surface area contributed by atoms with Gasteiger partial charge in [-0.05, 0) is 60.0 Å². The molecule has 6 nitrogen and oxygen atoms in total. The maximum atomic E-state index is 14.3. The Morgan fingerprint density at radius 2 is 1.75 bits per heavy atom. The smallest absolute Gasteiger partial charge is 0.246 e. The van der Waals surface area contributed by atoms with Crippen LogP contribution in [0.15, 0.2) is 71.6 Å². The fourth-order valence-electron chi connectivity index (χ4n) is 4.25. The molecule has 0 N–H and O–H groups in total. The van der Waals surface area contributed by atoms with E-state index in [1.165, 1.54) is 16.4 Å². The lowest BCUT2D eigenvalue weighted by atomic mass is 10.1. The summed E-state index contributed by atoms with van der Waals surface area (Å²) in [5, 5.41) is 0.649. The number of nitrogens with zero attached hydrogens (tertiary/aromatic N) is 2. The van der Waals surface area contributed by atoms with Gasteiger partial charge in [0.2, 0.25) is 10.0 Å². The Hall–Kier alpha value is -2.49. The average Bonchev–Trinajstić information content (AvgIpc) is 2.88. The van der Waals surface area contributed by atoms with Gasteiger partial charge in [-0.2, -0.15) is 4.31 Å². The number of hydrogen-bond acceptors (Lipinski definition) is 5. The second-order valence-electron chi connectivity index (χ2n) is 8.84. The van der Waals surface area contributed by atoms with E-state index in [1.807, 2.05) is 48.5 Å². The predicted molar refractivity (Wildman–Crippen MR) is 138 cm³/mol. The number of piperazine rings is 1. The highest BCUT2D eigenvalue weighted by molar-refractivity contribution is 7.89. The molecule has 192 valence electrons. The first-order valence-corrected chi connectivity index (χ1v) is 13.6. The molecule has 4 rings (SSSR count). The first kappa shape index (κ1) is 26.6. The van der Waals surface area contributed by atoms with Gasteiger partial charge in [0.15, 0.2) is 0 Å². The number of hydrogen-bond donors (Lipinski definition) is 0. The van der Waals surface area contributed by atoms with Crippen LogP contribution < -0.4 is 4.74 Å². The minimum absolute atomic E-state index is 0.267. The molecule has 3 aromatic rings. The van der Waals surface area contributed by atoms with Gasteiger partial charge in [-0.15, -0.1) is 0 Å². The summed E-state index contributed by atoms with van der Waals surface area (Å²) in [7, 11) is -2.28. The maximum Gasteiger partial charge on any atom is 0.246 e. The SMILES string of the molecule is COc1cccc([C@H](CN2CCN(S(=O)(=O)c3cc(C)ccc3F)CC2)OCc2cccc(Cl)c2)c1. The number of methoxy groups -OCH3 is 1. The number of aryl methyl sites for hydroxylation is 1. The summed E-state index contributed by atoms with van der Waals surface area (Å²) in [4.78, 5) is 1.90. The minimum Gasteiger partial charge on any atom is -0.497 e. The zero-order valence-electron chi connectivity index (χ0n) is 20.4. The Bertz CT molecular complexity index is 1300. The molecule has 1 saturated heterocycles. The number of sulfonamides is 1. The number of ether oxygens (including phenoxy) is 2. The van der Waals surface area contributed by atoms with Gasteiger partial charge in [0.1, 0.15) is 16.5 Å². The van der Waals surface area contributed by atoms with Crippen molar-refractivity contribution in [3.05, 3.63) is 94.3 Å². The van der Waals surface area contributed by atoms with E-state index in [2.05, 4.69) is 4.90 Å². The third-order valence-electron chi connectivity index (χ3n) is 6.27. The van der Waals surface area contributed by atoms with Crippen LogP contribution in [0.3, 0.4) is 0 Å². The van der Waals surface area contributed by atoms with Crippen LogP contribution in [0.5, 0.6) is 5.75 Å². The van der Waals surface area contributed by atoms with Gasteiger partial charge in [0.25, 0.3) is 0 Å². The van der Waals surface area contributed by atoms with E-state index in [-0.39, 0.29) is 24.1 Å². The van der Waals surface area contributed by atoms with Crippen molar-refractivity contribution in [1.29, 1.82) is 0 Å². The van der Waals surface area contributed by atoms with Gasteiger partial charge < -0.3 is 9.47 Å². The predicted octanol–water partition coefficient (Wildman–Crippen LogP) is 5.06. The zero-order valence-corrected chi connectivity index (χ0v) is 21.9. The van der Waals surface area contributed by atoms with Gasteiger partial charge >= 0.3 is 0 Å². The first-order chi connectivity index (χ1) is 17.3. The highest BCUT2D eigenvalue weighted by Gasteiger charge is 2.31. The Morgan fingerprint density at radius 3 is 2.47 bits per heavy atom. The lowest BCUT2D eigenvalue weighted by Gasteiger charge is -2.36. The summed E-state index contributed by atoms with van der Waals surface area (Å²) >= 11 is 6.13. The summed E-state index contributed by atoms with van der Waals surface area (Å²) in [6.07, 6.45) is -0.267. The van der Waals surface area contributed by atoms with Crippen molar-refractivity contribution in [2.45, 2.75) is 24.5 Å². The number of benzene rings is 3. The van der Waals surface area contributed by atoms with Crippen molar-refractivity contribution in [2.75, 3.05) is 39.8 Å². The van der Waals surface area contributed by atoms with E-state index in [4.69, 9.17) is 21.1 Å². The Kier molecular flexibility index (Phi) is 8.64. The molecule has 0 radical (unpaired) electrons. The van der Waals surface area contributed by atoms with Crippen LogP contribution in [-0.4, -0.2) is 57.5 Å². The van der Waals surface area contributed by atoms with Crippen LogP contribution in [0.4, 0.5) is 4.39 Å². The standard InChI is InChI=1S/C27H30ClFN2O4S/c1-20-9-10-25(29)27(15-20)36(32,33)31-13-11-30(12-14-31)18-26(22-6-4-8-24(17-22)34-2)35-19-21-5-3-7-23(28)16-21/h3-10,15-17,26H,11-14,18-19H2,1-2H3/t26-/m0/s1. The third kappa shape index (κ3) is 6.44. The summed E-state index contributed by atoms with van der Waals surface area (Å²) in [5.74, 6) is 0.00971. The van der Waals surface area contributed by atoms with E-state index in [9.17, 15) is 12.8 Å². The zero-order chi connectivity index (χ0) is 25.7. The van der Waals surface area contributed by atoms with Crippen LogP contribution in [0.25, 0.3) is 0 Å². The third-order valence-corrected chi connectivity index (χ3v) is 8.41. The number of rotatable bonds is 9. The van der Waals surface area contributed by atoms with Crippen LogP contribution in [-0.2, 0) is 21.4 Å². The van der Waals surface area contributed by atoms with Crippen LogP contribution in [0, 0.1) is 12.7 Å². The van der Waals surface area contributed by atoms with E-state index >= 15 is 0 Å². The van der Waals surface area contributed by atoms with Crippen molar-refractivity contribution in [3.8, 4) is 5.75 Å². The molecule has 0 aliphatic carbocycles. The summed E-state index contributed by atoms with van der Waals surface area (Å²) in [6, 6.07) is 19.4. The van der Waals surface area contributed by atoms with Gasteiger partial charge in [-0.3, -0.25) is 4.90 Å². The second kappa shape index (κ2) is 11.7. The van der Waals surface area contributed by atoms with Gasteiger partial charge in [0.05, 0.1) is 19.8 Å². The molecule has 0 amide bonds. The topological polar surface area (TPSA) is 59.1 Å². The Morgan fingerprint density at radius 1 is 1.00 bits per heavy atom. The van der Waals surface area contributed by atoms with E-state index in [1.54, 1.807) is 20.1 Å². The van der Waals surface area contributed by atoms with Crippen molar-refractivity contribution in [1.82, 2.24) is 9.21 Å². The van der Waals surface area contributed by atoms with Gasteiger partial charge in [-0.1, -0.05) is 41.9 Å². The summed E-state index contributed by atoms with van der Waals surface area (Å²) in [5.41, 5.74) is 2.63. The van der Waals surface area contributed by atoms with Crippen LogP contribution >= 0.6 is 11.6 Å². The monoisotopic (exact) mass is 532 g/mol. The molecular weight excluding hydrogens is 503 g/mol. The summed E-state index contributed by atoms with van der Waals surface area (Å²) < 4.78 is 53.6. The molecule has 3 aromatic carbocycles. The molecule has 0 spiro atoms. The first-order valence-electron chi connectivity index (χ1n) is 11.7. The van der Waals surface area contributed by atoms with Gasteiger partial charge in [-0.25, -0.2) is 12.8 Å². The molecule has 36 heavy (non-hydrogen) atoms. The van der Waals surface area contributed by atoms with E-state index in [0.717, 1.165) is 16.9 Å². The molecule has 1 atom stereocenters. The molecule has 0 bridgehead atoms. The lowest BCUT2D eigenvalue weighted by Crippen LogP contribution is -2.49.